The Morgan fingerprint density at radius 2 is 1.24 bits per heavy atom. The summed E-state index contributed by atoms with van der Waals surface area (Å²) in [4.78, 5) is 0. The zero-order valence-corrected chi connectivity index (χ0v) is 15.6. The largest absolute Gasteiger partial charge is 0.103 e. The fourth-order valence-electron chi connectivity index (χ4n) is 3.18. The Labute approximate surface area is 154 Å². The summed E-state index contributed by atoms with van der Waals surface area (Å²) >= 11 is 0. The first-order chi connectivity index (χ1) is 12.3. The lowest BCUT2D eigenvalue weighted by atomic mass is 9.97. The van der Waals surface area contributed by atoms with E-state index < -0.39 is 0 Å². The molecule has 2 aromatic carbocycles. The van der Waals surface area contributed by atoms with Crippen LogP contribution in [0.2, 0.25) is 0 Å². The summed E-state index contributed by atoms with van der Waals surface area (Å²) in [5.41, 5.74) is 4.96. The number of unbranched alkanes of at least 4 members (excludes halogenated alkanes) is 7. The van der Waals surface area contributed by atoms with Gasteiger partial charge in [0, 0.05) is 0 Å². The molecule has 0 spiro atoms. The van der Waals surface area contributed by atoms with Gasteiger partial charge in [0.1, 0.15) is 0 Å². The Balaban J connectivity index is 1.65. The lowest BCUT2D eigenvalue weighted by Gasteiger charge is -2.08. The molecule has 132 valence electrons. The van der Waals surface area contributed by atoms with Crippen LogP contribution in [-0.4, -0.2) is 0 Å². The van der Waals surface area contributed by atoms with Crippen LogP contribution in [0, 0.1) is 0 Å². The Morgan fingerprint density at radius 1 is 0.680 bits per heavy atom. The second kappa shape index (κ2) is 11.5. The van der Waals surface area contributed by atoms with Gasteiger partial charge in [-0.2, -0.15) is 0 Å². The van der Waals surface area contributed by atoms with Gasteiger partial charge in [-0.25, -0.2) is 0 Å². The van der Waals surface area contributed by atoms with Crippen LogP contribution >= 0.6 is 0 Å². The van der Waals surface area contributed by atoms with Crippen molar-refractivity contribution in [1.82, 2.24) is 0 Å². The highest BCUT2D eigenvalue weighted by molar-refractivity contribution is 5.77. The molecule has 0 saturated heterocycles. The fraction of sp³-hybridized carbons (Fsp3) is 0.360. The summed E-state index contributed by atoms with van der Waals surface area (Å²) in [6.45, 7) is 8.02. The zero-order valence-electron chi connectivity index (χ0n) is 15.6. The Hall–Kier alpha value is -2.08. The van der Waals surface area contributed by atoms with Crippen LogP contribution in [0.3, 0.4) is 0 Å². The zero-order chi connectivity index (χ0) is 17.7. The predicted octanol–water partition coefficient (Wildman–Crippen LogP) is 7.60. The lowest BCUT2D eigenvalue weighted by molar-refractivity contribution is 0.581. The maximum Gasteiger partial charge on any atom is -0.0183 e. The second-order valence-corrected chi connectivity index (χ2v) is 6.84. The molecule has 0 aliphatic heterocycles. The van der Waals surface area contributed by atoms with E-state index in [0.717, 1.165) is 5.57 Å². The number of aryl methyl sites for hydroxylation is 1. The Morgan fingerprint density at radius 3 is 1.88 bits per heavy atom. The SMILES string of the molecule is C=CCCCCCCCCCc1ccc(C(=C)c2ccccc2)cc1. The normalized spacial score (nSPS) is 10.6. The maximum absolute atomic E-state index is 4.24. The highest BCUT2D eigenvalue weighted by atomic mass is 14.1. The molecule has 0 nitrogen and oxygen atoms in total. The molecule has 25 heavy (non-hydrogen) atoms. The summed E-state index contributed by atoms with van der Waals surface area (Å²) in [5.74, 6) is 0. The molecule has 2 aromatic rings. The summed E-state index contributed by atoms with van der Waals surface area (Å²) in [6, 6.07) is 19.4. The minimum Gasteiger partial charge on any atom is -0.103 e. The molecular weight excluding hydrogens is 300 g/mol. The minimum atomic E-state index is 1.10. The fourth-order valence-corrected chi connectivity index (χ4v) is 3.18. The van der Waals surface area contributed by atoms with E-state index in [4.69, 9.17) is 0 Å². The molecule has 0 atom stereocenters. The summed E-state index contributed by atoms with van der Waals surface area (Å²) in [7, 11) is 0. The van der Waals surface area contributed by atoms with E-state index in [1.165, 1.54) is 74.5 Å². The summed E-state index contributed by atoms with van der Waals surface area (Å²) < 4.78 is 0. The van der Waals surface area contributed by atoms with Crippen LogP contribution in [0.1, 0.15) is 68.1 Å². The lowest BCUT2D eigenvalue weighted by Crippen LogP contribution is -1.89. The quantitative estimate of drug-likeness (QED) is 0.277. The van der Waals surface area contributed by atoms with Crippen molar-refractivity contribution in [2.24, 2.45) is 0 Å². The minimum absolute atomic E-state index is 1.10. The number of rotatable bonds is 12. The molecular formula is C25H32. The van der Waals surface area contributed by atoms with Crippen LogP contribution in [0.4, 0.5) is 0 Å². The third-order valence-corrected chi connectivity index (χ3v) is 4.80. The van der Waals surface area contributed by atoms with Gasteiger partial charge < -0.3 is 0 Å². The third kappa shape index (κ3) is 7.13. The number of allylic oxidation sites excluding steroid dienone is 1. The standard InChI is InChI=1S/C25H32/c1-3-4-5-6-7-8-9-10-12-15-23-18-20-25(21-19-23)22(2)24-16-13-11-14-17-24/h3,11,13-14,16-21H,1-2,4-10,12,15H2. The Kier molecular flexibility index (Phi) is 8.83. The van der Waals surface area contributed by atoms with Gasteiger partial charge in [0.05, 0.1) is 0 Å². The Bertz CT molecular complexity index is 619. The molecule has 0 radical (unpaired) electrons. The summed E-state index contributed by atoms with van der Waals surface area (Å²) in [6.07, 6.45) is 13.8. The number of benzene rings is 2. The van der Waals surface area contributed by atoms with E-state index in [1.807, 2.05) is 12.1 Å². The van der Waals surface area contributed by atoms with Crippen molar-refractivity contribution in [3.05, 3.63) is 90.5 Å². The van der Waals surface area contributed by atoms with Gasteiger partial charge >= 0.3 is 0 Å². The average molecular weight is 333 g/mol. The molecule has 0 heterocycles. The molecule has 0 bridgehead atoms. The van der Waals surface area contributed by atoms with Gasteiger partial charge in [-0.05, 0) is 47.9 Å². The van der Waals surface area contributed by atoms with Gasteiger partial charge in [-0.1, -0.05) is 99.4 Å². The van der Waals surface area contributed by atoms with E-state index >= 15 is 0 Å². The first-order valence-corrected chi connectivity index (χ1v) is 9.76. The molecule has 2 rings (SSSR count). The van der Waals surface area contributed by atoms with Crippen LogP contribution in [0.5, 0.6) is 0 Å². The van der Waals surface area contributed by atoms with Gasteiger partial charge in [-0.15, -0.1) is 6.58 Å². The van der Waals surface area contributed by atoms with Crippen molar-refractivity contribution in [3.8, 4) is 0 Å². The number of hydrogen-bond acceptors (Lipinski definition) is 0. The first kappa shape index (κ1) is 19.2. The molecule has 0 aliphatic carbocycles. The molecule has 0 saturated carbocycles. The van der Waals surface area contributed by atoms with Crippen molar-refractivity contribution in [1.29, 1.82) is 0 Å². The van der Waals surface area contributed by atoms with Crippen molar-refractivity contribution in [2.45, 2.75) is 57.8 Å². The smallest absolute Gasteiger partial charge is 0.0183 e. The van der Waals surface area contributed by atoms with E-state index in [9.17, 15) is 0 Å². The van der Waals surface area contributed by atoms with Crippen molar-refractivity contribution >= 4 is 5.57 Å². The van der Waals surface area contributed by atoms with Gasteiger partial charge in [0.15, 0.2) is 0 Å². The first-order valence-electron chi connectivity index (χ1n) is 9.76. The van der Waals surface area contributed by atoms with E-state index in [1.54, 1.807) is 0 Å². The van der Waals surface area contributed by atoms with Crippen LogP contribution in [0.15, 0.2) is 73.8 Å². The summed E-state index contributed by atoms with van der Waals surface area (Å²) in [5, 5.41) is 0. The van der Waals surface area contributed by atoms with E-state index in [0.29, 0.717) is 0 Å². The molecule has 0 fully saturated rings. The van der Waals surface area contributed by atoms with Crippen molar-refractivity contribution in [3.63, 3.8) is 0 Å². The van der Waals surface area contributed by atoms with Crippen LogP contribution in [0.25, 0.3) is 5.57 Å². The van der Waals surface area contributed by atoms with E-state index in [-0.39, 0.29) is 0 Å². The van der Waals surface area contributed by atoms with Gasteiger partial charge in [0.2, 0.25) is 0 Å². The van der Waals surface area contributed by atoms with E-state index in [2.05, 4.69) is 61.7 Å². The maximum atomic E-state index is 4.24. The molecule has 0 amide bonds. The third-order valence-electron chi connectivity index (χ3n) is 4.80. The highest BCUT2D eigenvalue weighted by Crippen LogP contribution is 2.22. The second-order valence-electron chi connectivity index (χ2n) is 6.84. The molecule has 0 unspecified atom stereocenters. The van der Waals surface area contributed by atoms with Gasteiger partial charge in [-0.3, -0.25) is 0 Å². The molecule has 0 aliphatic rings. The average Bonchev–Trinajstić information content (AvgIpc) is 2.67. The monoisotopic (exact) mass is 332 g/mol. The number of hydrogen-bond donors (Lipinski definition) is 0. The predicted molar refractivity (Wildman–Crippen MR) is 112 cm³/mol. The van der Waals surface area contributed by atoms with Crippen LogP contribution in [-0.2, 0) is 6.42 Å². The highest BCUT2D eigenvalue weighted by Gasteiger charge is 2.02. The molecule has 0 aromatic heterocycles. The van der Waals surface area contributed by atoms with Crippen molar-refractivity contribution < 1.29 is 0 Å². The van der Waals surface area contributed by atoms with Gasteiger partial charge in [0.25, 0.3) is 0 Å². The van der Waals surface area contributed by atoms with Crippen LogP contribution < -0.4 is 0 Å². The van der Waals surface area contributed by atoms with Crippen molar-refractivity contribution in [2.75, 3.05) is 0 Å². The molecule has 0 heteroatoms. The molecule has 0 N–H and O–H groups in total. The topological polar surface area (TPSA) is 0 Å².